The van der Waals surface area contributed by atoms with Gasteiger partial charge in [0.05, 0.1) is 19.9 Å². The second kappa shape index (κ2) is 4.97. The van der Waals surface area contributed by atoms with Gasteiger partial charge in [0.25, 0.3) is 0 Å². The maximum atomic E-state index is 5.95. The van der Waals surface area contributed by atoms with Crippen LogP contribution in [-0.2, 0) is 0 Å². The van der Waals surface area contributed by atoms with Gasteiger partial charge >= 0.3 is 0 Å². The van der Waals surface area contributed by atoms with E-state index < -0.39 is 0 Å². The van der Waals surface area contributed by atoms with Gasteiger partial charge in [-0.05, 0) is 37.3 Å². The molecule has 6 heteroatoms. The van der Waals surface area contributed by atoms with E-state index in [9.17, 15) is 0 Å². The van der Waals surface area contributed by atoms with Crippen molar-refractivity contribution in [2.45, 2.75) is 6.92 Å². The minimum Gasteiger partial charge on any atom is -0.493 e. The Bertz CT molecular complexity index is 811. The fourth-order valence-electron chi connectivity index (χ4n) is 2.33. The summed E-state index contributed by atoms with van der Waals surface area (Å²) < 4.78 is 12.5. The highest BCUT2D eigenvalue weighted by Gasteiger charge is 2.14. The smallest absolute Gasteiger partial charge is 0.184 e. The number of nitrogens with two attached hydrogens (primary N) is 1. The van der Waals surface area contributed by atoms with Crippen LogP contribution in [0.5, 0.6) is 11.5 Å². The Morgan fingerprint density at radius 3 is 2.48 bits per heavy atom. The van der Waals surface area contributed by atoms with Gasteiger partial charge in [-0.3, -0.25) is 4.40 Å². The second-order valence-corrected chi connectivity index (χ2v) is 4.68. The summed E-state index contributed by atoms with van der Waals surface area (Å²) in [7, 11) is 3.21. The topological polar surface area (TPSA) is 74.7 Å². The third-order valence-electron chi connectivity index (χ3n) is 3.42. The predicted octanol–water partition coefficient (Wildman–Crippen LogP) is 2.30. The van der Waals surface area contributed by atoms with E-state index in [-0.39, 0.29) is 0 Å². The Morgan fingerprint density at radius 2 is 1.76 bits per heavy atom. The number of benzene rings is 1. The number of methoxy groups -OCH3 is 2. The SMILES string of the molecule is COc1ccc(-c2nnc3c(N)ccc(C)n23)cc1OC. The van der Waals surface area contributed by atoms with E-state index in [1.54, 1.807) is 14.2 Å². The van der Waals surface area contributed by atoms with Crippen LogP contribution >= 0.6 is 0 Å². The number of hydrogen-bond donors (Lipinski definition) is 1. The minimum absolute atomic E-state index is 0.597. The van der Waals surface area contributed by atoms with E-state index in [2.05, 4.69) is 10.2 Å². The van der Waals surface area contributed by atoms with Crippen molar-refractivity contribution in [2.75, 3.05) is 20.0 Å². The van der Waals surface area contributed by atoms with Crippen molar-refractivity contribution in [1.29, 1.82) is 0 Å². The molecular weight excluding hydrogens is 268 g/mol. The molecule has 2 heterocycles. The summed E-state index contributed by atoms with van der Waals surface area (Å²) in [6, 6.07) is 9.41. The summed E-state index contributed by atoms with van der Waals surface area (Å²) in [5.41, 5.74) is 9.09. The van der Waals surface area contributed by atoms with Crippen molar-refractivity contribution < 1.29 is 9.47 Å². The number of aromatic nitrogens is 3. The van der Waals surface area contributed by atoms with E-state index in [0.29, 0.717) is 22.8 Å². The normalized spacial score (nSPS) is 10.8. The van der Waals surface area contributed by atoms with E-state index in [1.807, 2.05) is 41.7 Å². The molecule has 0 amide bonds. The molecule has 3 rings (SSSR count). The summed E-state index contributed by atoms with van der Waals surface area (Å²) in [4.78, 5) is 0. The zero-order chi connectivity index (χ0) is 15.0. The molecule has 0 atom stereocenters. The zero-order valence-electron chi connectivity index (χ0n) is 12.1. The van der Waals surface area contributed by atoms with Crippen LogP contribution < -0.4 is 15.2 Å². The summed E-state index contributed by atoms with van der Waals surface area (Å²) in [6.07, 6.45) is 0. The number of fused-ring (bicyclic) bond motifs is 1. The molecule has 0 saturated carbocycles. The third kappa shape index (κ3) is 2.05. The van der Waals surface area contributed by atoms with Crippen LogP contribution in [0, 0.1) is 6.92 Å². The second-order valence-electron chi connectivity index (χ2n) is 4.68. The van der Waals surface area contributed by atoms with Gasteiger partial charge in [-0.15, -0.1) is 10.2 Å². The Hall–Kier alpha value is -2.76. The average Bonchev–Trinajstić information content (AvgIpc) is 2.96. The molecule has 0 spiro atoms. The van der Waals surface area contributed by atoms with Crippen molar-refractivity contribution >= 4 is 11.3 Å². The molecule has 1 aromatic carbocycles. The lowest BCUT2D eigenvalue weighted by molar-refractivity contribution is 0.355. The largest absolute Gasteiger partial charge is 0.493 e. The monoisotopic (exact) mass is 284 g/mol. The zero-order valence-corrected chi connectivity index (χ0v) is 12.1. The molecule has 6 nitrogen and oxygen atoms in total. The average molecular weight is 284 g/mol. The third-order valence-corrected chi connectivity index (χ3v) is 3.42. The number of anilines is 1. The van der Waals surface area contributed by atoms with Crippen LogP contribution in [0.25, 0.3) is 17.0 Å². The van der Waals surface area contributed by atoms with Gasteiger partial charge in [-0.1, -0.05) is 0 Å². The van der Waals surface area contributed by atoms with Crippen LogP contribution in [0.15, 0.2) is 30.3 Å². The first-order chi connectivity index (χ1) is 10.2. The number of ether oxygens (including phenoxy) is 2. The highest BCUT2D eigenvalue weighted by atomic mass is 16.5. The number of aryl methyl sites for hydroxylation is 1. The highest BCUT2D eigenvalue weighted by molar-refractivity contribution is 5.71. The molecule has 0 saturated heterocycles. The molecule has 0 aliphatic rings. The first-order valence-electron chi connectivity index (χ1n) is 6.48. The molecule has 0 aliphatic heterocycles. The van der Waals surface area contributed by atoms with Crippen molar-refractivity contribution in [1.82, 2.24) is 14.6 Å². The van der Waals surface area contributed by atoms with E-state index in [4.69, 9.17) is 15.2 Å². The lowest BCUT2D eigenvalue weighted by atomic mass is 10.2. The van der Waals surface area contributed by atoms with E-state index >= 15 is 0 Å². The lowest BCUT2D eigenvalue weighted by Crippen LogP contribution is -1.98. The standard InChI is InChI=1S/C15H16N4O2/c1-9-4-6-11(16)15-18-17-14(19(9)15)10-5-7-12(20-2)13(8-10)21-3/h4-8H,16H2,1-3H3. The van der Waals surface area contributed by atoms with Gasteiger partial charge in [-0.25, -0.2) is 0 Å². The first-order valence-corrected chi connectivity index (χ1v) is 6.48. The van der Waals surface area contributed by atoms with Gasteiger partial charge in [-0.2, -0.15) is 0 Å². The van der Waals surface area contributed by atoms with Crippen molar-refractivity contribution in [2.24, 2.45) is 0 Å². The highest BCUT2D eigenvalue weighted by Crippen LogP contribution is 2.32. The van der Waals surface area contributed by atoms with Gasteiger partial charge in [0.1, 0.15) is 0 Å². The van der Waals surface area contributed by atoms with Crippen molar-refractivity contribution in [3.05, 3.63) is 36.0 Å². The number of rotatable bonds is 3. The van der Waals surface area contributed by atoms with Crippen LogP contribution in [-0.4, -0.2) is 28.8 Å². The molecule has 3 aromatic rings. The van der Waals surface area contributed by atoms with Gasteiger partial charge < -0.3 is 15.2 Å². The Balaban J connectivity index is 2.24. The molecule has 2 aromatic heterocycles. The quantitative estimate of drug-likeness (QED) is 0.798. The fraction of sp³-hybridized carbons (Fsp3) is 0.200. The first kappa shape index (κ1) is 13.2. The molecule has 0 aliphatic carbocycles. The molecule has 0 unspecified atom stereocenters. The molecule has 108 valence electrons. The summed E-state index contributed by atoms with van der Waals surface area (Å²) >= 11 is 0. The predicted molar refractivity (Wildman–Crippen MR) is 80.7 cm³/mol. The van der Waals surface area contributed by atoms with Gasteiger partial charge in [0.2, 0.25) is 0 Å². The Labute approximate surface area is 122 Å². The van der Waals surface area contributed by atoms with Gasteiger partial charge in [0, 0.05) is 11.3 Å². The van der Waals surface area contributed by atoms with Crippen molar-refractivity contribution in [3.8, 4) is 22.9 Å². The summed E-state index contributed by atoms with van der Waals surface area (Å²) in [5.74, 6) is 2.04. The lowest BCUT2D eigenvalue weighted by Gasteiger charge is -2.09. The number of nitrogen functional groups attached to an aromatic ring is 1. The van der Waals surface area contributed by atoms with Crippen LogP contribution in [0.3, 0.4) is 0 Å². The maximum absolute atomic E-state index is 5.95. The number of pyridine rings is 1. The minimum atomic E-state index is 0.597. The molecule has 0 radical (unpaired) electrons. The maximum Gasteiger partial charge on any atom is 0.184 e. The van der Waals surface area contributed by atoms with E-state index in [0.717, 1.165) is 17.1 Å². The summed E-state index contributed by atoms with van der Waals surface area (Å²) in [5, 5.41) is 8.42. The molecule has 0 bridgehead atoms. The van der Waals surface area contributed by atoms with Gasteiger partial charge in [0.15, 0.2) is 23.0 Å². The van der Waals surface area contributed by atoms with Crippen molar-refractivity contribution in [3.63, 3.8) is 0 Å². The summed E-state index contributed by atoms with van der Waals surface area (Å²) in [6.45, 7) is 1.99. The Kier molecular flexibility index (Phi) is 3.13. The molecule has 21 heavy (non-hydrogen) atoms. The number of nitrogens with zero attached hydrogens (tertiary/aromatic N) is 3. The van der Waals surface area contributed by atoms with Crippen LogP contribution in [0.1, 0.15) is 5.69 Å². The Morgan fingerprint density at radius 1 is 1.00 bits per heavy atom. The number of hydrogen-bond acceptors (Lipinski definition) is 5. The fourth-order valence-corrected chi connectivity index (χ4v) is 2.33. The van der Waals surface area contributed by atoms with E-state index in [1.165, 1.54) is 0 Å². The molecule has 2 N–H and O–H groups in total. The van der Waals surface area contributed by atoms with Crippen LogP contribution in [0.2, 0.25) is 0 Å². The molecule has 0 fully saturated rings. The van der Waals surface area contributed by atoms with Crippen LogP contribution in [0.4, 0.5) is 5.69 Å². The molecular formula is C15H16N4O2.